The largest absolute Gasteiger partial charge is 0.496 e. The van der Waals surface area contributed by atoms with Gasteiger partial charge in [-0.1, -0.05) is 32.8 Å². The SMILES string of the molecule is COc1cc(C(C)C)ccc1C(=O)NC1CCCC1. The van der Waals surface area contributed by atoms with E-state index in [1.165, 1.54) is 18.4 Å². The third-order valence-corrected chi connectivity index (χ3v) is 3.83. The van der Waals surface area contributed by atoms with Gasteiger partial charge in [0.15, 0.2) is 0 Å². The Balaban J connectivity index is 2.15. The first-order valence-corrected chi connectivity index (χ1v) is 7.10. The van der Waals surface area contributed by atoms with E-state index < -0.39 is 0 Å². The van der Waals surface area contributed by atoms with Gasteiger partial charge in [-0.15, -0.1) is 0 Å². The normalized spacial score (nSPS) is 15.8. The van der Waals surface area contributed by atoms with Gasteiger partial charge in [-0.2, -0.15) is 0 Å². The highest BCUT2D eigenvalue weighted by Crippen LogP contribution is 2.25. The fourth-order valence-electron chi connectivity index (χ4n) is 2.59. The van der Waals surface area contributed by atoms with E-state index >= 15 is 0 Å². The monoisotopic (exact) mass is 261 g/mol. The van der Waals surface area contributed by atoms with Crippen molar-refractivity contribution in [2.75, 3.05) is 7.11 Å². The maximum Gasteiger partial charge on any atom is 0.255 e. The summed E-state index contributed by atoms with van der Waals surface area (Å²) in [5, 5.41) is 3.10. The van der Waals surface area contributed by atoms with E-state index in [1.807, 2.05) is 18.2 Å². The molecular formula is C16H23NO2. The average molecular weight is 261 g/mol. The minimum Gasteiger partial charge on any atom is -0.496 e. The highest BCUT2D eigenvalue weighted by molar-refractivity contribution is 5.97. The molecule has 1 aromatic rings. The molecule has 1 saturated carbocycles. The zero-order valence-electron chi connectivity index (χ0n) is 12.0. The summed E-state index contributed by atoms with van der Waals surface area (Å²) in [6.45, 7) is 4.26. The minimum absolute atomic E-state index is 0.0148. The van der Waals surface area contributed by atoms with E-state index in [1.54, 1.807) is 7.11 Å². The van der Waals surface area contributed by atoms with Crippen molar-refractivity contribution in [3.8, 4) is 5.75 Å². The topological polar surface area (TPSA) is 38.3 Å². The van der Waals surface area contributed by atoms with E-state index in [4.69, 9.17) is 4.74 Å². The van der Waals surface area contributed by atoms with Crippen LogP contribution in [0.15, 0.2) is 18.2 Å². The quantitative estimate of drug-likeness (QED) is 0.901. The number of amides is 1. The molecule has 0 unspecified atom stereocenters. The van der Waals surface area contributed by atoms with Crippen molar-refractivity contribution >= 4 is 5.91 Å². The van der Waals surface area contributed by atoms with Gasteiger partial charge in [0.2, 0.25) is 0 Å². The van der Waals surface area contributed by atoms with Crippen LogP contribution in [0, 0.1) is 0 Å². The molecule has 0 aliphatic heterocycles. The molecule has 2 rings (SSSR count). The molecule has 1 fully saturated rings. The van der Waals surface area contributed by atoms with Gasteiger partial charge in [-0.3, -0.25) is 4.79 Å². The van der Waals surface area contributed by atoms with Crippen molar-refractivity contribution in [3.63, 3.8) is 0 Å². The van der Waals surface area contributed by atoms with Gasteiger partial charge in [-0.05, 0) is 36.5 Å². The Kier molecular flexibility index (Phi) is 4.46. The first kappa shape index (κ1) is 13.9. The lowest BCUT2D eigenvalue weighted by molar-refractivity contribution is 0.0935. The number of methoxy groups -OCH3 is 1. The Morgan fingerprint density at radius 3 is 2.58 bits per heavy atom. The molecule has 0 spiro atoms. The van der Waals surface area contributed by atoms with Crippen molar-refractivity contribution in [1.82, 2.24) is 5.32 Å². The lowest BCUT2D eigenvalue weighted by atomic mass is 10.0. The molecule has 1 aliphatic carbocycles. The maximum atomic E-state index is 12.3. The molecule has 3 heteroatoms. The molecule has 1 aliphatic rings. The Morgan fingerprint density at radius 2 is 2.00 bits per heavy atom. The van der Waals surface area contributed by atoms with Crippen LogP contribution in [0.25, 0.3) is 0 Å². The van der Waals surface area contributed by atoms with Gasteiger partial charge in [0.25, 0.3) is 5.91 Å². The van der Waals surface area contributed by atoms with Crippen LogP contribution in [0.5, 0.6) is 5.75 Å². The van der Waals surface area contributed by atoms with Crippen LogP contribution in [-0.2, 0) is 0 Å². The summed E-state index contributed by atoms with van der Waals surface area (Å²) in [7, 11) is 1.62. The average Bonchev–Trinajstić information content (AvgIpc) is 2.90. The lowest BCUT2D eigenvalue weighted by Crippen LogP contribution is -2.32. The highest BCUT2D eigenvalue weighted by atomic mass is 16.5. The van der Waals surface area contributed by atoms with Crippen molar-refractivity contribution < 1.29 is 9.53 Å². The first-order valence-electron chi connectivity index (χ1n) is 7.10. The Bertz CT molecular complexity index is 448. The number of hydrogen-bond donors (Lipinski definition) is 1. The third-order valence-electron chi connectivity index (χ3n) is 3.83. The van der Waals surface area contributed by atoms with Crippen LogP contribution in [0.2, 0.25) is 0 Å². The second-order valence-corrected chi connectivity index (χ2v) is 5.57. The van der Waals surface area contributed by atoms with Crippen molar-refractivity contribution in [1.29, 1.82) is 0 Å². The van der Waals surface area contributed by atoms with Crippen LogP contribution in [0.1, 0.15) is 61.4 Å². The van der Waals surface area contributed by atoms with Crippen LogP contribution >= 0.6 is 0 Å². The third kappa shape index (κ3) is 3.28. The molecule has 0 radical (unpaired) electrons. The molecule has 1 amide bonds. The number of hydrogen-bond acceptors (Lipinski definition) is 2. The number of nitrogens with one attached hydrogen (secondary N) is 1. The van der Waals surface area contributed by atoms with Crippen LogP contribution in [-0.4, -0.2) is 19.1 Å². The Labute approximate surface area is 115 Å². The Hall–Kier alpha value is -1.51. The number of carbonyl (C=O) groups is 1. The van der Waals surface area contributed by atoms with E-state index in [-0.39, 0.29) is 5.91 Å². The van der Waals surface area contributed by atoms with E-state index in [0.29, 0.717) is 23.3 Å². The number of carbonyl (C=O) groups excluding carboxylic acids is 1. The minimum atomic E-state index is -0.0148. The summed E-state index contributed by atoms with van der Waals surface area (Å²) in [5.74, 6) is 1.08. The van der Waals surface area contributed by atoms with Gasteiger partial charge >= 0.3 is 0 Å². The van der Waals surface area contributed by atoms with Crippen LogP contribution in [0.4, 0.5) is 0 Å². The van der Waals surface area contributed by atoms with Gasteiger partial charge < -0.3 is 10.1 Å². The standard InChI is InChI=1S/C16H23NO2/c1-11(2)12-8-9-14(15(10-12)19-3)16(18)17-13-6-4-5-7-13/h8-11,13H,4-7H2,1-3H3,(H,17,18). The maximum absolute atomic E-state index is 12.3. The predicted molar refractivity (Wildman–Crippen MR) is 76.8 cm³/mol. The van der Waals surface area contributed by atoms with Gasteiger partial charge in [0.1, 0.15) is 5.75 Å². The number of rotatable bonds is 4. The van der Waals surface area contributed by atoms with Crippen molar-refractivity contribution in [2.45, 2.75) is 51.5 Å². The molecule has 104 valence electrons. The molecule has 3 nitrogen and oxygen atoms in total. The van der Waals surface area contributed by atoms with Crippen molar-refractivity contribution in [2.24, 2.45) is 0 Å². The Morgan fingerprint density at radius 1 is 1.32 bits per heavy atom. The van der Waals surface area contributed by atoms with E-state index in [9.17, 15) is 4.79 Å². The fraction of sp³-hybridized carbons (Fsp3) is 0.562. The smallest absolute Gasteiger partial charge is 0.255 e. The summed E-state index contributed by atoms with van der Waals surface area (Å²) >= 11 is 0. The molecule has 0 heterocycles. The molecule has 0 saturated heterocycles. The molecule has 0 aromatic heterocycles. The fourth-order valence-corrected chi connectivity index (χ4v) is 2.59. The highest BCUT2D eigenvalue weighted by Gasteiger charge is 2.20. The summed E-state index contributed by atoms with van der Waals surface area (Å²) < 4.78 is 5.36. The molecule has 0 atom stereocenters. The summed E-state index contributed by atoms with van der Waals surface area (Å²) in [6.07, 6.45) is 4.62. The zero-order chi connectivity index (χ0) is 13.8. The summed E-state index contributed by atoms with van der Waals surface area (Å²) in [5.41, 5.74) is 1.83. The molecule has 0 bridgehead atoms. The predicted octanol–water partition coefficient (Wildman–Crippen LogP) is 3.49. The van der Waals surface area contributed by atoms with Gasteiger partial charge in [0, 0.05) is 6.04 Å². The van der Waals surface area contributed by atoms with Crippen molar-refractivity contribution in [3.05, 3.63) is 29.3 Å². The van der Waals surface area contributed by atoms with E-state index in [2.05, 4.69) is 19.2 Å². The molecule has 1 N–H and O–H groups in total. The first-order chi connectivity index (χ1) is 9.11. The summed E-state index contributed by atoms with van der Waals surface area (Å²) in [4.78, 5) is 12.3. The van der Waals surface area contributed by atoms with Gasteiger partial charge in [0.05, 0.1) is 12.7 Å². The molecule has 19 heavy (non-hydrogen) atoms. The molecule has 1 aromatic carbocycles. The number of benzene rings is 1. The molecular weight excluding hydrogens is 238 g/mol. The second kappa shape index (κ2) is 6.09. The van der Waals surface area contributed by atoms with Gasteiger partial charge in [-0.25, -0.2) is 0 Å². The second-order valence-electron chi connectivity index (χ2n) is 5.57. The lowest BCUT2D eigenvalue weighted by Gasteiger charge is -2.15. The zero-order valence-corrected chi connectivity index (χ0v) is 12.0. The van der Waals surface area contributed by atoms with Crippen LogP contribution in [0.3, 0.4) is 0 Å². The number of ether oxygens (including phenoxy) is 1. The van der Waals surface area contributed by atoms with Crippen LogP contribution < -0.4 is 10.1 Å². The van der Waals surface area contributed by atoms with E-state index in [0.717, 1.165) is 12.8 Å². The summed E-state index contributed by atoms with van der Waals surface area (Å²) in [6, 6.07) is 6.19.